The van der Waals surface area contributed by atoms with Crippen LogP contribution in [0.15, 0.2) is 34.0 Å². The molecule has 0 fully saturated rings. The van der Waals surface area contributed by atoms with E-state index in [-0.39, 0.29) is 10.5 Å². The average molecular weight is 217 g/mol. The van der Waals surface area contributed by atoms with Gasteiger partial charge < -0.3 is 10.4 Å². The van der Waals surface area contributed by atoms with E-state index in [9.17, 15) is 5.21 Å². The van der Waals surface area contributed by atoms with Gasteiger partial charge in [0.05, 0.1) is 4.47 Å². The second-order valence-electron chi connectivity index (χ2n) is 1.81. The smallest absolute Gasteiger partial charge is 0.262 e. The molecule has 0 spiro atoms. The molecule has 1 aromatic rings. The Bertz CT molecular complexity index is 288. The molecule has 0 aliphatic carbocycles. The lowest BCUT2D eigenvalue weighted by molar-refractivity contribution is -0.474. The predicted octanol–water partition coefficient (Wildman–Crippen LogP) is 2.43. The summed E-state index contributed by atoms with van der Waals surface area (Å²) in [5, 5.41) is 21.3. The molecule has 0 amide bonds. The number of nitrogens with zero attached hydrogens (tertiary/aromatic N) is 2. The zero-order valence-electron chi connectivity index (χ0n) is 5.44. The van der Waals surface area contributed by atoms with Crippen LogP contribution in [-0.2, 0) is 0 Å². The molecule has 0 bridgehead atoms. The Morgan fingerprint density at radius 3 is 2.64 bits per heavy atom. The van der Waals surface area contributed by atoms with E-state index in [1.807, 2.05) is 0 Å². The summed E-state index contributed by atoms with van der Waals surface area (Å²) in [6.45, 7) is 0. The summed E-state index contributed by atoms with van der Waals surface area (Å²) < 4.78 is 0.591. The second kappa shape index (κ2) is 3.34. The van der Waals surface area contributed by atoms with Crippen molar-refractivity contribution in [3.8, 4) is 0 Å². The summed E-state index contributed by atoms with van der Waals surface area (Å²) in [5.41, 5.74) is 0.273. The van der Waals surface area contributed by atoms with E-state index in [2.05, 4.69) is 21.2 Å². The summed E-state index contributed by atoms with van der Waals surface area (Å²) in [6.07, 6.45) is 0. The Kier molecular flexibility index (Phi) is 2.43. The highest BCUT2D eigenvalue weighted by Gasteiger charge is 2.06. The number of rotatable bonds is 1. The summed E-state index contributed by atoms with van der Waals surface area (Å²) in [5.74, 6) is 0. The van der Waals surface area contributed by atoms with E-state index < -0.39 is 0 Å². The van der Waals surface area contributed by atoms with Crippen LogP contribution >= 0.6 is 15.9 Å². The molecule has 0 heterocycles. The first kappa shape index (κ1) is 8.00. The molecule has 0 aromatic heterocycles. The van der Waals surface area contributed by atoms with Crippen molar-refractivity contribution in [1.82, 2.24) is 0 Å². The molecule has 0 radical (unpaired) electrons. The maximum absolute atomic E-state index is 10.7. The van der Waals surface area contributed by atoms with Crippen LogP contribution < -0.4 is 0 Å². The minimum atomic E-state index is 0.129. The number of benzene rings is 1. The first-order valence-corrected chi connectivity index (χ1v) is 3.62. The van der Waals surface area contributed by atoms with Gasteiger partial charge in [-0.1, -0.05) is 12.1 Å². The molecule has 1 N–H and O–H groups in total. The number of para-hydroxylation sites is 1. The Hall–Kier alpha value is -1.10. The van der Waals surface area contributed by atoms with Gasteiger partial charge in [-0.3, -0.25) is 0 Å². The quantitative estimate of drug-likeness (QED) is 0.446. The Morgan fingerprint density at radius 2 is 2.09 bits per heavy atom. The molecular weight excluding hydrogens is 212 g/mol. The van der Waals surface area contributed by atoms with Gasteiger partial charge in [0.25, 0.3) is 5.69 Å². The minimum absolute atomic E-state index is 0.129. The molecule has 4 nitrogen and oxygen atoms in total. The van der Waals surface area contributed by atoms with E-state index in [1.54, 1.807) is 18.2 Å². The van der Waals surface area contributed by atoms with Crippen molar-refractivity contribution in [2.45, 2.75) is 0 Å². The van der Waals surface area contributed by atoms with Gasteiger partial charge in [-0.25, -0.2) is 0 Å². The molecule has 5 heteroatoms. The molecule has 11 heavy (non-hydrogen) atoms. The van der Waals surface area contributed by atoms with Crippen LogP contribution in [-0.4, -0.2) is 10.1 Å². The van der Waals surface area contributed by atoms with Crippen molar-refractivity contribution in [2.24, 2.45) is 5.28 Å². The molecule has 0 saturated carbocycles. The van der Waals surface area contributed by atoms with Gasteiger partial charge in [0.1, 0.15) is 0 Å². The predicted molar refractivity (Wildman–Crippen MR) is 41.6 cm³/mol. The fourth-order valence-electron chi connectivity index (χ4n) is 0.655. The topological polar surface area (TPSA) is 58.7 Å². The zero-order valence-corrected chi connectivity index (χ0v) is 7.02. The summed E-state index contributed by atoms with van der Waals surface area (Å²) in [7, 11) is 0. The van der Waals surface area contributed by atoms with Gasteiger partial charge in [-0.05, 0) is 26.9 Å². The lowest BCUT2D eigenvalue weighted by atomic mass is 10.3. The molecule has 0 aliphatic heterocycles. The van der Waals surface area contributed by atoms with E-state index in [4.69, 9.17) is 5.21 Å². The van der Waals surface area contributed by atoms with Crippen LogP contribution in [0.3, 0.4) is 0 Å². The van der Waals surface area contributed by atoms with Crippen molar-refractivity contribution in [3.05, 3.63) is 33.9 Å². The van der Waals surface area contributed by atoms with Crippen LogP contribution in [0.5, 0.6) is 0 Å². The van der Waals surface area contributed by atoms with E-state index in [1.165, 1.54) is 6.07 Å². The van der Waals surface area contributed by atoms with E-state index in [0.29, 0.717) is 4.47 Å². The first-order chi connectivity index (χ1) is 5.25. The molecule has 1 rings (SSSR count). The first-order valence-electron chi connectivity index (χ1n) is 2.82. The van der Waals surface area contributed by atoms with Crippen LogP contribution in [0.4, 0.5) is 5.69 Å². The maximum Gasteiger partial charge on any atom is 0.262 e. The lowest BCUT2D eigenvalue weighted by Gasteiger charge is -1.97. The number of halogens is 1. The van der Waals surface area contributed by atoms with Crippen LogP contribution in [0, 0.1) is 5.21 Å². The van der Waals surface area contributed by atoms with Crippen molar-refractivity contribution in [1.29, 1.82) is 0 Å². The third kappa shape index (κ3) is 1.68. The highest BCUT2D eigenvalue weighted by molar-refractivity contribution is 9.10. The molecule has 0 atom stereocenters. The van der Waals surface area contributed by atoms with E-state index in [0.717, 1.165) is 0 Å². The monoisotopic (exact) mass is 216 g/mol. The summed E-state index contributed by atoms with van der Waals surface area (Å²) in [4.78, 5) is 0.129. The van der Waals surface area contributed by atoms with Gasteiger partial charge in [-0.2, -0.15) is 0 Å². The SMILES string of the molecule is [O-][N+](=NO)c1ccccc1Br. The lowest BCUT2D eigenvalue weighted by Crippen LogP contribution is -1.90. The third-order valence-electron chi connectivity index (χ3n) is 1.14. The average Bonchev–Trinajstić information content (AvgIpc) is 2.04. The summed E-state index contributed by atoms with van der Waals surface area (Å²) >= 11 is 3.12. The van der Waals surface area contributed by atoms with E-state index >= 15 is 0 Å². The fraction of sp³-hybridized carbons (Fsp3) is 0. The number of hydrogen-bond donors (Lipinski definition) is 1. The van der Waals surface area contributed by atoms with Crippen molar-refractivity contribution in [2.75, 3.05) is 0 Å². The van der Waals surface area contributed by atoms with Crippen molar-refractivity contribution >= 4 is 21.6 Å². The molecule has 0 saturated heterocycles. The molecular formula is C6H5BrN2O2. The van der Waals surface area contributed by atoms with Gasteiger partial charge in [0, 0.05) is 6.07 Å². The molecule has 1 aromatic carbocycles. The fourth-order valence-corrected chi connectivity index (χ4v) is 1.09. The van der Waals surface area contributed by atoms with Crippen LogP contribution in [0.25, 0.3) is 0 Å². The normalized spacial score (nSPS) is 11.5. The minimum Gasteiger partial charge on any atom is -0.592 e. The molecule has 0 aliphatic rings. The van der Waals surface area contributed by atoms with Gasteiger partial charge in [-0.15, -0.1) is 0 Å². The largest absolute Gasteiger partial charge is 0.592 e. The van der Waals surface area contributed by atoms with Crippen molar-refractivity contribution < 1.29 is 10.1 Å². The second-order valence-corrected chi connectivity index (χ2v) is 2.67. The highest BCUT2D eigenvalue weighted by Crippen LogP contribution is 2.23. The maximum atomic E-state index is 10.7. The highest BCUT2D eigenvalue weighted by atomic mass is 79.9. The molecule has 58 valence electrons. The van der Waals surface area contributed by atoms with Crippen molar-refractivity contribution in [3.63, 3.8) is 0 Å². The van der Waals surface area contributed by atoms with Gasteiger partial charge in [0.15, 0.2) is 0 Å². The Morgan fingerprint density at radius 1 is 1.45 bits per heavy atom. The van der Waals surface area contributed by atoms with Gasteiger partial charge >= 0.3 is 0 Å². The third-order valence-corrected chi connectivity index (χ3v) is 1.81. The number of hydrogen-bond acceptors (Lipinski definition) is 2. The van der Waals surface area contributed by atoms with Crippen LogP contribution in [0.1, 0.15) is 0 Å². The zero-order chi connectivity index (χ0) is 8.27. The standard InChI is InChI=1S/C6H5BrN2O2/c7-5-3-1-2-4-6(5)9(11)8-10/h1-4,10H. The summed E-state index contributed by atoms with van der Waals surface area (Å²) in [6, 6.07) is 6.66. The Balaban J connectivity index is 3.14. The Labute approximate surface area is 71.5 Å². The van der Waals surface area contributed by atoms with Gasteiger partial charge in [0.2, 0.25) is 5.28 Å². The molecule has 0 unspecified atom stereocenters. The van der Waals surface area contributed by atoms with Crippen LogP contribution in [0.2, 0.25) is 0 Å².